The Balaban J connectivity index is 2.57. The van der Waals surface area contributed by atoms with Crippen LogP contribution in [-0.2, 0) is 11.3 Å². The number of anilines is 1. The number of nitrogens with two attached hydrogens (primary N) is 1. The van der Waals surface area contributed by atoms with Gasteiger partial charge in [-0.1, -0.05) is 30.3 Å². The fourth-order valence-electron chi connectivity index (χ4n) is 1.92. The molecule has 0 fully saturated rings. The van der Waals surface area contributed by atoms with Gasteiger partial charge in [-0.2, -0.15) is 5.10 Å². The lowest BCUT2D eigenvalue weighted by molar-refractivity contribution is 0.0528. The number of rotatable bonds is 4. The topological polar surface area (TPSA) is 70.1 Å². The number of nitrogens with zero attached hydrogens (tertiary/aromatic N) is 2. The molecule has 0 spiro atoms. The molecular formula is C14H17N3O2. The third-order valence-corrected chi connectivity index (χ3v) is 2.82. The molecule has 19 heavy (non-hydrogen) atoms. The van der Waals surface area contributed by atoms with Gasteiger partial charge in [0.1, 0.15) is 17.1 Å². The first-order valence-corrected chi connectivity index (χ1v) is 6.27. The summed E-state index contributed by atoms with van der Waals surface area (Å²) in [6.07, 6.45) is 0. The van der Waals surface area contributed by atoms with Crippen LogP contribution in [0.3, 0.4) is 0 Å². The number of carbonyl (C=O) groups excluding carboxylic acids is 1. The molecule has 0 atom stereocenters. The van der Waals surface area contributed by atoms with E-state index in [1.165, 1.54) is 0 Å². The highest BCUT2D eigenvalue weighted by atomic mass is 16.5. The smallest absolute Gasteiger partial charge is 0.344 e. The SMILES string of the molecule is CCOC(=O)c1c(-c2ccccc2)nn(CC)c1N. The van der Waals surface area contributed by atoms with Gasteiger partial charge in [0.05, 0.1) is 6.61 Å². The molecule has 1 aromatic carbocycles. The van der Waals surface area contributed by atoms with Gasteiger partial charge in [-0.05, 0) is 13.8 Å². The average Bonchev–Trinajstić information content (AvgIpc) is 2.77. The van der Waals surface area contributed by atoms with Gasteiger partial charge in [0, 0.05) is 12.1 Å². The monoisotopic (exact) mass is 259 g/mol. The summed E-state index contributed by atoms with van der Waals surface area (Å²) < 4.78 is 6.66. The summed E-state index contributed by atoms with van der Waals surface area (Å²) >= 11 is 0. The lowest BCUT2D eigenvalue weighted by Crippen LogP contribution is -2.09. The predicted octanol–water partition coefficient (Wildman–Crippen LogP) is 2.33. The molecule has 2 rings (SSSR count). The standard InChI is InChI=1S/C14H17N3O2/c1-3-17-13(15)11(14(18)19-4-2)12(16-17)10-8-6-5-7-9-10/h5-9H,3-4,15H2,1-2H3. The van der Waals surface area contributed by atoms with Crippen LogP contribution in [0.5, 0.6) is 0 Å². The van der Waals surface area contributed by atoms with Crippen molar-refractivity contribution in [2.24, 2.45) is 0 Å². The van der Waals surface area contributed by atoms with E-state index in [4.69, 9.17) is 10.5 Å². The van der Waals surface area contributed by atoms with Gasteiger partial charge < -0.3 is 10.5 Å². The number of aromatic nitrogens is 2. The Kier molecular flexibility index (Phi) is 3.85. The Morgan fingerprint density at radius 3 is 2.58 bits per heavy atom. The largest absolute Gasteiger partial charge is 0.462 e. The number of hydrogen-bond acceptors (Lipinski definition) is 4. The van der Waals surface area contributed by atoms with Gasteiger partial charge in [0.15, 0.2) is 0 Å². The second-order valence-corrected chi connectivity index (χ2v) is 4.01. The molecule has 0 bridgehead atoms. The highest BCUT2D eigenvalue weighted by Gasteiger charge is 2.23. The normalized spacial score (nSPS) is 10.4. The molecule has 0 saturated heterocycles. The van der Waals surface area contributed by atoms with Crippen LogP contribution in [0.2, 0.25) is 0 Å². The lowest BCUT2D eigenvalue weighted by Gasteiger charge is -2.03. The maximum Gasteiger partial charge on any atom is 0.344 e. The molecule has 100 valence electrons. The van der Waals surface area contributed by atoms with E-state index in [1.54, 1.807) is 11.6 Å². The van der Waals surface area contributed by atoms with Gasteiger partial charge in [-0.25, -0.2) is 9.48 Å². The Labute approximate surface area is 112 Å². The summed E-state index contributed by atoms with van der Waals surface area (Å²) in [6.45, 7) is 4.60. The molecule has 2 N–H and O–H groups in total. The van der Waals surface area contributed by atoms with Crippen LogP contribution in [0.15, 0.2) is 30.3 Å². The summed E-state index contributed by atoms with van der Waals surface area (Å²) in [4.78, 5) is 12.0. The molecule has 5 nitrogen and oxygen atoms in total. The van der Waals surface area contributed by atoms with E-state index < -0.39 is 5.97 Å². The molecule has 1 heterocycles. The van der Waals surface area contributed by atoms with Crippen LogP contribution in [-0.4, -0.2) is 22.4 Å². The number of ether oxygens (including phenoxy) is 1. The molecule has 0 unspecified atom stereocenters. The number of nitrogen functional groups attached to an aromatic ring is 1. The second kappa shape index (κ2) is 5.56. The highest BCUT2D eigenvalue weighted by Crippen LogP contribution is 2.27. The molecule has 5 heteroatoms. The van der Waals surface area contributed by atoms with Gasteiger partial charge in [-0.15, -0.1) is 0 Å². The van der Waals surface area contributed by atoms with E-state index in [1.807, 2.05) is 37.3 Å². The van der Waals surface area contributed by atoms with E-state index in [0.29, 0.717) is 30.2 Å². The third-order valence-electron chi connectivity index (χ3n) is 2.82. The van der Waals surface area contributed by atoms with Crippen LogP contribution < -0.4 is 5.73 Å². The summed E-state index contributed by atoms with van der Waals surface area (Å²) in [5, 5.41) is 4.39. The molecule has 0 amide bonds. The number of benzene rings is 1. The highest BCUT2D eigenvalue weighted by molar-refractivity contribution is 6.00. The molecule has 0 aliphatic rings. The molecule has 0 aliphatic carbocycles. The Morgan fingerprint density at radius 1 is 1.32 bits per heavy atom. The van der Waals surface area contributed by atoms with Gasteiger partial charge in [0.2, 0.25) is 0 Å². The van der Waals surface area contributed by atoms with Crippen molar-refractivity contribution in [1.29, 1.82) is 0 Å². The first kappa shape index (κ1) is 13.1. The Hall–Kier alpha value is -2.30. The van der Waals surface area contributed by atoms with Crippen LogP contribution in [0.4, 0.5) is 5.82 Å². The van der Waals surface area contributed by atoms with Crippen molar-refractivity contribution in [3.63, 3.8) is 0 Å². The summed E-state index contributed by atoms with van der Waals surface area (Å²) in [5.74, 6) is -0.0849. The van der Waals surface area contributed by atoms with Gasteiger partial charge >= 0.3 is 5.97 Å². The minimum Gasteiger partial charge on any atom is -0.462 e. The van der Waals surface area contributed by atoms with Crippen molar-refractivity contribution in [3.05, 3.63) is 35.9 Å². The van der Waals surface area contributed by atoms with Crippen LogP contribution in [0.25, 0.3) is 11.3 Å². The molecule has 0 radical (unpaired) electrons. The maximum absolute atomic E-state index is 12.0. The van der Waals surface area contributed by atoms with Crippen LogP contribution in [0, 0.1) is 0 Å². The lowest BCUT2D eigenvalue weighted by atomic mass is 10.1. The summed E-state index contributed by atoms with van der Waals surface area (Å²) in [7, 11) is 0. The zero-order valence-electron chi connectivity index (χ0n) is 11.1. The molecule has 2 aromatic rings. The van der Waals surface area contributed by atoms with Gasteiger partial charge in [0.25, 0.3) is 0 Å². The molecule has 1 aromatic heterocycles. The fourth-order valence-corrected chi connectivity index (χ4v) is 1.92. The quantitative estimate of drug-likeness (QED) is 0.855. The fraction of sp³-hybridized carbons (Fsp3) is 0.286. The number of hydrogen-bond donors (Lipinski definition) is 1. The number of carbonyl (C=O) groups is 1. The number of esters is 1. The van der Waals surface area contributed by atoms with E-state index in [9.17, 15) is 4.79 Å². The molecular weight excluding hydrogens is 242 g/mol. The first-order chi connectivity index (χ1) is 9.19. The van der Waals surface area contributed by atoms with Gasteiger partial charge in [-0.3, -0.25) is 0 Å². The summed E-state index contributed by atoms with van der Waals surface area (Å²) in [5.41, 5.74) is 7.74. The minimum absolute atomic E-state index is 0.309. The number of aryl methyl sites for hydroxylation is 1. The zero-order chi connectivity index (χ0) is 13.8. The third kappa shape index (κ3) is 2.45. The predicted molar refractivity (Wildman–Crippen MR) is 73.7 cm³/mol. The van der Waals surface area contributed by atoms with Crippen molar-refractivity contribution < 1.29 is 9.53 Å². The first-order valence-electron chi connectivity index (χ1n) is 6.27. The van der Waals surface area contributed by atoms with E-state index in [0.717, 1.165) is 5.56 Å². The van der Waals surface area contributed by atoms with Crippen molar-refractivity contribution in [3.8, 4) is 11.3 Å². The maximum atomic E-state index is 12.0. The zero-order valence-corrected chi connectivity index (χ0v) is 11.1. The van der Waals surface area contributed by atoms with E-state index >= 15 is 0 Å². The molecule has 0 aliphatic heterocycles. The van der Waals surface area contributed by atoms with Crippen LogP contribution in [0.1, 0.15) is 24.2 Å². The molecule has 0 saturated carbocycles. The van der Waals surface area contributed by atoms with Crippen molar-refractivity contribution in [1.82, 2.24) is 9.78 Å². The van der Waals surface area contributed by atoms with Crippen molar-refractivity contribution in [2.45, 2.75) is 20.4 Å². The van der Waals surface area contributed by atoms with Crippen LogP contribution >= 0.6 is 0 Å². The average molecular weight is 259 g/mol. The minimum atomic E-state index is -0.432. The van der Waals surface area contributed by atoms with E-state index in [2.05, 4.69) is 5.10 Å². The second-order valence-electron chi connectivity index (χ2n) is 4.01. The van der Waals surface area contributed by atoms with Crippen molar-refractivity contribution >= 4 is 11.8 Å². The Bertz CT molecular complexity index is 576. The van der Waals surface area contributed by atoms with Crippen molar-refractivity contribution in [2.75, 3.05) is 12.3 Å². The van der Waals surface area contributed by atoms with E-state index in [-0.39, 0.29) is 0 Å². The summed E-state index contributed by atoms with van der Waals surface area (Å²) in [6, 6.07) is 9.49. The Morgan fingerprint density at radius 2 is 2.00 bits per heavy atom.